The molecular formula is C20H25N3O5S. The summed E-state index contributed by atoms with van der Waals surface area (Å²) in [6, 6.07) is 7.06. The monoisotopic (exact) mass is 419 g/mol. The van der Waals surface area contributed by atoms with Gasteiger partial charge in [-0.1, -0.05) is 0 Å². The Labute approximate surface area is 173 Å². The van der Waals surface area contributed by atoms with E-state index < -0.39 is 18.5 Å². The number of aromatic nitrogens is 1. The number of nitrogens with zero attached hydrogens (tertiary/aromatic N) is 2. The van der Waals surface area contributed by atoms with Gasteiger partial charge in [0.05, 0.1) is 24.3 Å². The van der Waals surface area contributed by atoms with Crippen molar-refractivity contribution in [3.63, 3.8) is 0 Å². The molecule has 2 aromatic rings. The van der Waals surface area contributed by atoms with Crippen molar-refractivity contribution < 1.29 is 23.9 Å². The first-order valence-corrected chi connectivity index (χ1v) is 10.3. The minimum atomic E-state index is -0.576. The van der Waals surface area contributed by atoms with Crippen LogP contribution < -0.4 is 10.2 Å². The molecule has 29 heavy (non-hydrogen) atoms. The van der Waals surface area contributed by atoms with E-state index in [1.165, 1.54) is 11.3 Å². The SMILES string of the molecule is CCOC(=O)Cc1csc(NC(=O)COC(=O)c2ccc(N(CC)CC)cc2)n1. The number of carbonyl (C=O) groups is 3. The van der Waals surface area contributed by atoms with Crippen LogP contribution in [0.2, 0.25) is 0 Å². The molecule has 2 rings (SSSR count). The maximum atomic E-state index is 12.1. The normalized spacial score (nSPS) is 10.3. The molecule has 0 bridgehead atoms. The van der Waals surface area contributed by atoms with Crippen LogP contribution in [0.15, 0.2) is 29.6 Å². The maximum Gasteiger partial charge on any atom is 0.338 e. The Morgan fingerprint density at radius 3 is 2.38 bits per heavy atom. The van der Waals surface area contributed by atoms with Gasteiger partial charge in [-0.15, -0.1) is 11.3 Å². The average molecular weight is 420 g/mol. The molecule has 1 amide bonds. The summed E-state index contributed by atoms with van der Waals surface area (Å²) in [7, 11) is 0. The van der Waals surface area contributed by atoms with Crippen LogP contribution in [0.1, 0.15) is 36.8 Å². The molecule has 1 heterocycles. The largest absolute Gasteiger partial charge is 0.466 e. The number of thiazole rings is 1. The summed E-state index contributed by atoms with van der Waals surface area (Å²) in [5, 5.41) is 4.54. The van der Waals surface area contributed by atoms with Crippen molar-refractivity contribution in [2.75, 3.05) is 36.5 Å². The number of hydrogen-bond donors (Lipinski definition) is 1. The van der Waals surface area contributed by atoms with Gasteiger partial charge in [-0.3, -0.25) is 14.9 Å². The Bertz CT molecular complexity index is 831. The molecule has 0 aliphatic rings. The fourth-order valence-corrected chi connectivity index (χ4v) is 3.30. The van der Waals surface area contributed by atoms with E-state index in [9.17, 15) is 14.4 Å². The number of esters is 2. The number of benzene rings is 1. The molecule has 156 valence electrons. The van der Waals surface area contributed by atoms with Crippen molar-refractivity contribution in [1.29, 1.82) is 0 Å². The average Bonchev–Trinajstić information content (AvgIpc) is 3.14. The van der Waals surface area contributed by atoms with Gasteiger partial charge < -0.3 is 14.4 Å². The number of nitrogens with one attached hydrogen (secondary N) is 1. The molecule has 0 fully saturated rings. The van der Waals surface area contributed by atoms with Crippen molar-refractivity contribution in [3.8, 4) is 0 Å². The van der Waals surface area contributed by atoms with E-state index in [4.69, 9.17) is 9.47 Å². The van der Waals surface area contributed by atoms with Crippen LogP contribution in [0.4, 0.5) is 10.8 Å². The van der Waals surface area contributed by atoms with Crippen LogP contribution in [-0.2, 0) is 25.5 Å². The van der Waals surface area contributed by atoms with Gasteiger partial charge in [0.25, 0.3) is 5.91 Å². The third-order valence-electron chi connectivity index (χ3n) is 3.99. The summed E-state index contributed by atoms with van der Waals surface area (Å²) >= 11 is 1.18. The van der Waals surface area contributed by atoms with Crippen LogP contribution in [0.5, 0.6) is 0 Å². The van der Waals surface area contributed by atoms with Crippen LogP contribution in [0, 0.1) is 0 Å². The number of anilines is 2. The van der Waals surface area contributed by atoms with E-state index in [-0.39, 0.29) is 12.4 Å². The van der Waals surface area contributed by atoms with Crippen LogP contribution >= 0.6 is 11.3 Å². The second-order valence-electron chi connectivity index (χ2n) is 5.97. The maximum absolute atomic E-state index is 12.1. The molecule has 0 saturated carbocycles. The lowest BCUT2D eigenvalue weighted by Gasteiger charge is -2.20. The zero-order chi connectivity index (χ0) is 21.2. The molecule has 0 atom stereocenters. The standard InChI is InChI=1S/C20H25N3O5S/c1-4-23(5-2)16-9-7-14(8-10-16)19(26)28-12-17(24)22-20-21-15(13-29-20)11-18(25)27-6-3/h7-10,13H,4-6,11-12H2,1-3H3,(H,21,22,24). The van der Waals surface area contributed by atoms with E-state index in [1.807, 2.05) is 12.1 Å². The first kappa shape index (κ1) is 22.4. The van der Waals surface area contributed by atoms with Crippen molar-refractivity contribution >= 4 is 40.0 Å². The van der Waals surface area contributed by atoms with Crippen LogP contribution in [-0.4, -0.2) is 49.1 Å². The molecule has 8 nitrogen and oxygen atoms in total. The number of carbonyl (C=O) groups excluding carboxylic acids is 3. The molecule has 0 spiro atoms. The van der Waals surface area contributed by atoms with Gasteiger partial charge in [0, 0.05) is 24.2 Å². The fourth-order valence-electron chi connectivity index (χ4n) is 2.57. The van der Waals surface area contributed by atoms with Crippen molar-refractivity contribution in [1.82, 2.24) is 4.98 Å². The summed E-state index contributed by atoms with van der Waals surface area (Å²) in [6.07, 6.45) is 0.0404. The zero-order valence-electron chi connectivity index (χ0n) is 16.8. The van der Waals surface area contributed by atoms with Gasteiger partial charge in [0.15, 0.2) is 11.7 Å². The fraction of sp³-hybridized carbons (Fsp3) is 0.400. The molecule has 0 unspecified atom stereocenters. The minimum Gasteiger partial charge on any atom is -0.466 e. The van der Waals surface area contributed by atoms with Crippen LogP contribution in [0.3, 0.4) is 0 Å². The molecule has 0 radical (unpaired) electrons. The van der Waals surface area contributed by atoms with Crippen LogP contribution in [0.25, 0.3) is 0 Å². The van der Waals surface area contributed by atoms with Gasteiger partial charge in [-0.2, -0.15) is 0 Å². The van der Waals surface area contributed by atoms with Crippen molar-refractivity contribution in [2.45, 2.75) is 27.2 Å². The molecule has 0 aliphatic carbocycles. The predicted octanol–water partition coefficient (Wildman–Crippen LogP) is 2.89. The molecule has 1 N–H and O–H groups in total. The Morgan fingerprint density at radius 2 is 1.76 bits per heavy atom. The highest BCUT2D eigenvalue weighted by Gasteiger charge is 2.13. The third kappa shape index (κ3) is 6.86. The highest BCUT2D eigenvalue weighted by molar-refractivity contribution is 7.13. The first-order chi connectivity index (χ1) is 14.0. The van der Waals surface area contributed by atoms with E-state index in [0.717, 1.165) is 18.8 Å². The topological polar surface area (TPSA) is 97.8 Å². The molecule has 0 saturated heterocycles. The molecule has 1 aromatic heterocycles. The van der Waals surface area contributed by atoms with Gasteiger partial charge >= 0.3 is 11.9 Å². The van der Waals surface area contributed by atoms with E-state index in [2.05, 4.69) is 29.0 Å². The second-order valence-corrected chi connectivity index (χ2v) is 6.83. The highest BCUT2D eigenvalue weighted by Crippen LogP contribution is 2.17. The van der Waals surface area contributed by atoms with Gasteiger partial charge in [-0.05, 0) is 45.0 Å². The van der Waals surface area contributed by atoms with E-state index in [0.29, 0.717) is 23.0 Å². The van der Waals surface area contributed by atoms with Crippen molar-refractivity contribution in [3.05, 3.63) is 40.9 Å². The minimum absolute atomic E-state index is 0.0404. The predicted molar refractivity (Wildman–Crippen MR) is 111 cm³/mol. The lowest BCUT2D eigenvalue weighted by molar-refractivity contribution is -0.142. The summed E-state index contributed by atoms with van der Waals surface area (Å²) in [6.45, 7) is 7.47. The number of ether oxygens (including phenoxy) is 2. The first-order valence-electron chi connectivity index (χ1n) is 9.38. The zero-order valence-corrected chi connectivity index (χ0v) is 17.6. The summed E-state index contributed by atoms with van der Waals surface area (Å²) in [5.41, 5.74) is 1.90. The second kappa shape index (κ2) is 11.2. The Hall–Kier alpha value is -2.94. The van der Waals surface area contributed by atoms with E-state index >= 15 is 0 Å². The van der Waals surface area contributed by atoms with Crippen molar-refractivity contribution in [2.24, 2.45) is 0 Å². The molecule has 9 heteroatoms. The number of amides is 1. The number of hydrogen-bond acceptors (Lipinski definition) is 8. The molecular weight excluding hydrogens is 394 g/mol. The highest BCUT2D eigenvalue weighted by atomic mass is 32.1. The van der Waals surface area contributed by atoms with E-state index in [1.54, 1.807) is 24.4 Å². The van der Waals surface area contributed by atoms with Gasteiger partial charge in [0.1, 0.15) is 0 Å². The molecule has 1 aromatic carbocycles. The lowest BCUT2D eigenvalue weighted by atomic mass is 10.2. The smallest absolute Gasteiger partial charge is 0.338 e. The Kier molecular flexibility index (Phi) is 8.60. The summed E-state index contributed by atoms with van der Waals surface area (Å²) in [4.78, 5) is 41.9. The summed E-state index contributed by atoms with van der Waals surface area (Å²) in [5.74, 6) is -1.46. The number of rotatable bonds is 10. The Morgan fingerprint density at radius 1 is 1.07 bits per heavy atom. The quantitative estimate of drug-likeness (QED) is 0.591. The van der Waals surface area contributed by atoms with Gasteiger partial charge in [-0.25, -0.2) is 9.78 Å². The van der Waals surface area contributed by atoms with Gasteiger partial charge in [0.2, 0.25) is 0 Å². The summed E-state index contributed by atoms with van der Waals surface area (Å²) < 4.78 is 9.91. The third-order valence-corrected chi connectivity index (χ3v) is 4.80. The lowest BCUT2D eigenvalue weighted by Crippen LogP contribution is -2.22. The molecule has 0 aliphatic heterocycles. The Balaban J connectivity index is 1.82.